The summed E-state index contributed by atoms with van der Waals surface area (Å²) in [7, 11) is 0. The quantitative estimate of drug-likeness (QED) is 0.277. The van der Waals surface area contributed by atoms with Crippen molar-refractivity contribution in [1.29, 1.82) is 0 Å². The van der Waals surface area contributed by atoms with Gasteiger partial charge >= 0.3 is 17.9 Å². The molecule has 0 aliphatic carbocycles. The minimum absolute atomic E-state index is 0.0375. The summed E-state index contributed by atoms with van der Waals surface area (Å²) in [6.07, 6.45) is 0. The van der Waals surface area contributed by atoms with Gasteiger partial charge in [-0.15, -0.1) is 0 Å². The van der Waals surface area contributed by atoms with Gasteiger partial charge in [-0.1, -0.05) is 0 Å². The highest BCUT2D eigenvalue weighted by Gasteiger charge is 2.37. The van der Waals surface area contributed by atoms with E-state index in [9.17, 15) is 19.7 Å². The number of rotatable bonds is 4. The normalized spacial score (nSPS) is 18.2. The Morgan fingerprint density at radius 1 is 1.59 bits per heavy atom. The summed E-state index contributed by atoms with van der Waals surface area (Å²) in [6, 6.07) is 0.755. The molecule has 10 nitrogen and oxygen atoms in total. The fourth-order valence-corrected chi connectivity index (χ4v) is 2.04. The molecule has 0 saturated heterocycles. The van der Waals surface area contributed by atoms with E-state index in [1.807, 2.05) is 0 Å². The van der Waals surface area contributed by atoms with Crippen LogP contribution in [-0.2, 0) is 9.53 Å². The van der Waals surface area contributed by atoms with E-state index in [0.717, 1.165) is 11.1 Å². The average Bonchev–Trinajstić information content (AvgIpc) is 2.94. The lowest BCUT2D eigenvalue weighted by Gasteiger charge is -2.31. The van der Waals surface area contributed by atoms with Gasteiger partial charge in [0.15, 0.2) is 0 Å². The van der Waals surface area contributed by atoms with E-state index < -0.39 is 28.8 Å². The van der Waals surface area contributed by atoms with Crippen molar-refractivity contribution in [2.45, 2.75) is 19.9 Å². The van der Waals surface area contributed by atoms with Crippen molar-refractivity contribution in [1.82, 2.24) is 10.3 Å². The van der Waals surface area contributed by atoms with E-state index in [-0.39, 0.29) is 23.6 Å². The van der Waals surface area contributed by atoms with Gasteiger partial charge in [-0.3, -0.25) is 10.1 Å². The number of hydrazine groups is 1. The van der Waals surface area contributed by atoms with Gasteiger partial charge in [0.2, 0.25) is 0 Å². The van der Waals surface area contributed by atoms with E-state index in [1.54, 1.807) is 6.92 Å². The van der Waals surface area contributed by atoms with Crippen molar-refractivity contribution >= 4 is 17.9 Å². The van der Waals surface area contributed by atoms with Gasteiger partial charge in [-0.05, 0) is 19.9 Å². The Morgan fingerprint density at radius 2 is 2.27 bits per heavy atom. The predicted octanol–water partition coefficient (Wildman–Crippen LogP) is 0.965. The molecule has 1 aromatic rings. The third-order valence-corrected chi connectivity index (χ3v) is 3.10. The first-order chi connectivity index (χ1) is 10.4. The highest BCUT2D eigenvalue weighted by molar-refractivity contribution is 5.94. The van der Waals surface area contributed by atoms with Gasteiger partial charge in [0.1, 0.15) is 16.7 Å². The number of hydrogen-bond donors (Lipinski definition) is 2. The fraction of sp³-hybridized carbons (Fsp3) is 0.333. The Bertz CT molecular complexity index is 664. The number of carbonyl (C=O) groups is 2. The minimum atomic E-state index is -1.01. The van der Waals surface area contributed by atoms with Crippen LogP contribution in [0, 0.1) is 10.1 Å². The monoisotopic (exact) mass is 310 g/mol. The molecule has 0 fully saturated rings. The van der Waals surface area contributed by atoms with Crippen molar-refractivity contribution in [3.05, 3.63) is 39.3 Å². The average molecular weight is 310 g/mol. The molecule has 3 N–H and O–H groups in total. The smallest absolute Gasteiger partial charge is 0.433 e. The van der Waals surface area contributed by atoms with Gasteiger partial charge in [-0.2, -0.15) is 0 Å². The van der Waals surface area contributed by atoms with E-state index in [1.165, 1.54) is 13.0 Å². The second kappa shape index (κ2) is 5.85. The second-order valence-corrected chi connectivity index (χ2v) is 4.41. The zero-order chi connectivity index (χ0) is 16.4. The van der Waals surface area contributed by atoms with Gasteiger partial charge < -0.3 is 14.5 Å². The molecule has 2 heterocycles. The zero-order valence-corrected chi connectivity index (χ0v) is 11.9. The predicted molar refractivity (Wildman–Crippen MR) is 72.0 cm³/mol. The molecule has 1 aliphatic heterocycles. The molecule has 0 saturated carbocycles. The summed E-state index contributed by atoms with van der Waals surface area (Å²) in [6.45, 7) is 3.22. The lowest BCUT2D eigenvalue weighted by Crippen LogP contribution is -2.51. The summed E-state index contributed by atoms with van der Waals surface area (Å²) < 4.78 is 10.00. The molecule has 0 spiro atoms. The molecule has 2 rings (SSSR count). The van der Waals surface area contributed by atoms with E-state index in [2.05, 4.69) is 5.32 Å². The molecular weight excluding hydrogens is 296 g/mol. The van der Waals surface area contributed by atoms with Gasteiger partial charge in [0.25, 0.3) is 0 Å². The van der Waals surface area contributed by atoms with Gasteiger partial charge in [-0.25, -0.2) is 20.4 Å². The fourth-order valence-electron chi connectivity index (χ4n) is 2.04. The van der Waals surface area contributed by atoms with Crippen LogP contribution in [0.4, 0.5) is 10.7 Å². The third-order valence-electron chi connectivity index (χ3n) is 3.10. The maximum Gasteiger partial charge on any atom is 0.433 e. The van der Waals surface area contributed by atoms with Gasteiger partial charge in [0.05, 0.1) is 18.2 Å². The number of nitrogens with one attached hydrogen (secondary N) is 1. The first-order valence-corrected chi connectivity index (χ1v) is 6.34. The van der Waals surface area contributed by atoms with Crippen molar-refractivity contribution in [2.24, 2.45) is 5.84 Å². The molecule has 2 amide bonds. The molecule has 10 heteroatoms. The molecule has 22 heavy (non-hydrogen) atoms. The first kappa shape index (κ1) is 15.5. The van der Waals surface area contributed by atoms with Crippen molar-refractivity contribution < 1.29 is 23.7 Å². The molecule has 0 bridgehead atoms. The largest absolute Gasteiger partial charge is 0.463 e. The molecule has 1 atom stereocenters. The van der Waals surface area contributed by atoms with Crippen LogP contribution in [0.2, 0.25) is 0 Å². The molecule has 0 aromatic carbocycles. The highest BCUT2D eigenvalue weighted by Crippen LogP contribution is 2.32. The van der Waals surface area contributed by atoms with Crippen molar-refractivity contribution in [2.75, 3.05) is 6.61 Å². The van der Waals surface area contributed by atoms with Crippen molar-refractivity contribution in [3.8, 4) is 0 Å². The molecule has 1 aromatic heterocycles. The zero-order valence-electron chi connectivity index (χ0n) is 11.9. The number of urea groups is 1. The number of esters is 1. The van der Waals surface area contributed by atoms with Crippen LogP contribution in [-0.4, -0.2) is 28.5 Å². The number of carbonyl (C=O) groups excluding carboxylic acids is 2. The number of amides is 2. The topological polar surface area (TPSA) is 141 Å². The molecule has 118 valence electrons. The lowest BCUT2D eigenvalue weighted by molar-refractivity contribution is -0.402. The number of hydrogen-bond acceptors (Lipinski definition) is 7. The van der Waals surface area contributed by atoms with Crippen molar-refractivity contribution in [3.63, 3.8) is 0 Å². The van der Waals surface area contributed by atoms with Crippen LogP contribution in [0.25, 0.3) is 0 Å². The van der Waals surface area contributed by atoms with E-state index >= 15 is 0 Å². The maximum atomic E-state index is 12.1. The SMILES string of the molecule is CCOC(=O)C1=C(C)N(N)C(=O)N[C@H]1c1ccc([N+](=O)[O-])o1. The van der Waals surface area contributed by atoms with Crippen LogP contribution in [0.1, 0.15) is 25.6 Å². The Morgan fingerprint density at radius 3 is 2.82 bits per heavy atom. The highest BCUT2D eigenvalue weighted by atomic mass is 16.6. The summed E-state index contributed by atoms with van der Waals surface area (Å²) in [5.74, 6) is 4.40. The van der Waals surface area contributed by atoms with E-state index in [4.69, 9.17) is 15.0 Å². The maximum absolute atomic E-state index is 12.1. The summed E-state index contributed by atoms with van der Waals surface area (Å²) in [4.78, 5) is 33.8. The number of allylic oxidation sites excluding steroid dienone is 1. The second-order valence-electron chi connectivity index (χ2n) is 4.41. The number of ether oxygens (including phenoxy) is 1. The minimum Gasteiger partial charge on any atom is -0.463 e. The standard InChI is InChI=1S/C12H14N4O6/c1-3-21-11(17)9-6(2)15(13)12(18)14-10(9)7-4-5-8(22-7)16(19)20/h4-5,10H,3,13H2,1-2H3,(H,14,18)/t10-/m0/s1. The van der Waals surface area contributed by atoms with Crippen LogP contribution in [0.5, 0.6) is 0 Å². The lowest BCUT2D eigenvalue weighted by atomic mass is 10.0. The summed E-state index contributed by atoms with van der Waals surface area (Å²) in [5, 5.41) is 13.9. The molecule has 0 radical (unpaired) electrons. The first-order valence-electron chi connectivity index (χ1n) is 6.34. The van der Waals surface area contributed by atoms with Gasteiger partial charge in [0, 0.05) is 5.70 Å². The molecular formula is C12H14N4O6. The Hall–Kier alpha value is -2.88. The molecule has 1 aliphatic rings. The van der Waals surface area contributed by atoms with Crippen LogP contribution >= 0.6 is 0 Å². The van der Waals surface area contributed by atoms with E-state index in [0.29, 0.717) is 0 Å². The Balaban J connectivity index is 2.48. The number of furan rings is 1. The number of nitrogens with two attached hydrogens (primary N) is 1. The summed E-state index contributed by atoms with van der Waals surface area (Å²) >= 11 is 0. The number of nitrogens with zero attached hydrogens (tertiary/aromatic N) is 2. The molecule has 0 unspecified atom stereocenters. The van der Waals surface area contributed by atoms with Crippen LogP contribution in [0.3, 0.4) is 0 Å². The van der Waals surface area contributed by atoms with Crippen LogP contribution in [0.15, 0.2) is 27.8 Å². The van der Waals surface area contributed by atoms with Crippen LogP contribution < -0.4 is 11.2 Å². The Kier molecular flexibility index (Phi) is 4.13. The number of nitro groups is 1. The third kappa shape index (κ3) is 2.63. The Labute approximate surface area is 124 Å². The summed E-state index contributed by atoms with van der Waals surface area (Å²) in [5.41, 5.74) is 0.222.